The van der Waals surface area contributed by atoms with E-state index in [0.717, 1.165) is 18.5 Å². The molecule has 2 aromatic rings. The van der Waals surface area contributed by atoms with Crippen molar-refractivity contribution in [2.75, 3.05) is 5.32 Å². The summed E-state index contributed by atoms with van der Waals surface area (Å²) in [5, 5.41) is 12.4. The normalized spacial score (nSPS) is 13.6. The van der Waals surface area contributed by atoms with E-state index in [4.69, 9.17) is 5.11 Å². The molecule has 1 aliphatic rings. The lowest BCUT2D eigenvalue weighted by atomic mass is 9.90. The molecule has 0 fully saturated rings. The first kappa shape index (κ1) is 13.6. The van der Waals surface area contributed by atoms with Gasteiger partial charge in [-0.1, -0.05) is 12.1 Å². The number of carbonyl (C=O) groups is 1. The molecule has 0 bridgehead atoms. The number of hydrogen-bond donors (Lipinski definition) is 2. The summed E-state index contributed by atoms with van der Waals surface area (Å²) in [6.07, 6.45) is 4.69. The molecule has 1 aromatic heterocycles. The van der Waals surface area contributed by atoms with E-state index in [0.29, 0.717) is 11.5 Å². The lowest BCUT2D eigenvalue weighted by Crippen LogP contribution is -2.08. The van der Waals surface area contributed by atoms with Gasteiger partial charge in [0.05, 0.1) is 11.3 Å². The number of fused-ring (bicyclic) bond motifs is 1. The fourth-order valence-electron chi connectivity index (χ4n) is 2.89. The Bertz CT molecular complexity index is 695. The van der Waals surface area contributed by atoms with Crippen molar-refractivity contribution in [3.63, 3.8) is 0 Å². The molecule has 0 saturated carbocycles. The molecule has 0 amide bonds. The molecule has 3 rings (SSSR count). The summed E-state index contributed by atoms with van der Waals surface area (Å²) < 4.78 is 0. The first-order valence-corrected chi connectivity index (χ1v) is 7.24. The van der Waals surface area contributed by atoms with Crippen LogP contribution in [0.2, 0.25) is 0 Å². The van der Waals surface area contributed by atoms with Crippen molar-refractivity contribution in [3.05, 3.63) is 52.7 Å². The standard InChI is InChI=1S/C17H18N2O2/c1-11-13(17(20)21)9-10-16(18-11)19-15-8-4-6-12-5-2-3-7-14(12)15/h4,6,8-10H,2-3,5,7H2,1H3,(H,18,19)(H,20,21). The number of hydrogen-bond acceptors (Lipinski definition) is 3. The second kappa shape index (κ2) is 5.56. The molecule has 1 aliphatic carbocycles. The minimum atomic E-state index is -0.941. The van der Waals surface area contributed by atoms with E-state index in [1.807, 2.05) is 0 Å². The third-order valence-corrected chi connectivity index (χ3v) is 3.97. The van der Waals surface area contributed by atoms with Crippen LogP contribution in [0.5, 0.6) is 0 Å². The van der Waals surface area contributed by atoms with Crippen molar-refractivity contribution in [1.82, 2.24) is 4.98 Å². The zero-order valence-corrected chi connectivity index (χ0v) is 12.0. The molecular weight excluding hydrogens is 264 g/mol. The number of nitrogens with one attached hydrogen (secondary N) is 1. The topological polar surface area (TPSA) is 62.2 Å². The number of aromatic carboxylic acids is 1. The van der Waals surface area contributed by atoms with E-state index < -0.39 is 5.97 Å². The summed E-state index contributed by atoms with van der Waals surface area (Å²) in [4.78, 5) is 15.4. The van der Waals surface area contributed by atoms with Crippen LogP contribution in [-0.2, 0) is 12.8 Å². The average molecular weight is 282 g/mol. The van der Waals surface area contributed by atoms with Crippen LogP contribution in [0.1, 0.15) is 40.0 Å². The van der Waals surface area contributed by atoms with Gasteiger partial charge in [-0.05, 0) is 61.9 Å². The van der Waals surface area contributed by atoms with E-state index in [1.165, 1.54) is 24.0 Å². The highest BCUT2D eigenvalue weighted by atomic mass is 16.4. The van der Waals surface area contributed by atoms with Crippen LogP contribution < -0.4 is 5.32 Å². The number of rotatable bonds is 3. The first-order valence-electron chi connectivity index (χ1n) is 7.24. The maximum atomic E-state index is 11.0. The Morgan fingerprint density at radius 1 is 1.19 bits per heavy atom. The average Bonchev–Trinajstić information content (AvgIpc) is 2.47. The minimum Gasteiger partial charge on any atom is -0.478 e. The summed E-state index contributed by atoms with van der Waals surface area (Å²) in [6.45, 7) is 1.72. The summed E-state index contributed by atoms with van der Waals surface area (Å²) in [5.41, 5.74) is 4.63. The molecule has 2 N–H and O–H groups in total. The fourth-order valence-corrected chi connectivity index (χ4v) is 2.89. The Morgan fingerprint density at radius 3 is 2.76 bits per heavy atom. The van der Waals surface area contributed by atoms with Crippen molar-refractivity contribution < 1.29 is 9.90 Å². The molecule has 0 saturated heterocycles. The van der Waals surface area contributed by atoms with Crippen molar-refractivity contribution in [1.29, 1.82) is 0 Å². The van der Waals surface area contributed by atoms with Gasteiger partial charge in [0, 0.05) is 5.69 Å². The van der Waals surface area contributed by atoms with E-state index in [9.17, 15) is 4.79 Å². The molecule has 4 heteroatoms. The van der Waals surface area contributed by atoms with Crippen molar-refractivity contribution >= 4 is 17.5 Å². The quantitative estimate of drug-likeness (QED) is 0.900. The third-order valence-electron chi connectivity index (χ3n) is 3.97. The minimum absolute atomic E-state index is 0.246. The number of carboxylic acid groups (broad SMARTS) is 1. The zero-order chi connectivity index (χ0) is 14.8. The van der Waals surface area contributed by atoms with Gasteiger partial charge in [-0.3, -0.25) is 0 Å². The maximum absolute atomic E-state index is 11.0. The van der Waals surface area contributed by atoms with Gasteiger partial charge in [0.25, 0.3) is 0 Å². The number of aromatic nitrogens is 1. The van der Waals surface area contributed by atoms with Crippen LogP contribution in [0.3, 0.4) is 0 Å². The maximum Gasteiger partial charge on any atom is 0.337 e. The van der Waals surface area contributed by atoms with E-state index in [-0.39, 0.29) is 5.56 Å². The van der Waals surface area contributed by atoms with E-state index >= 15 is 0 Å². The number of aryl methyl sites for hydroxylation is 2. The number of nitrogens with zero attached hydrogens (tertiary/aromatic N) is 1. The second-order valence-electron chi connectivity index (χ2n) is 5.41. The monoisotopic (exact) mass is 282 g/mol. The van der Waals surface area contributed by atoms with Crippen LogP contribution in [0.25, 0.3) is 0 Å². The van der Waals surface area contributed by atoms with Crippen molar-refractivity contribution in [2.45, 2.75) is 32.6 Å². The highest BCUT2D eigenvalue weighted by Crippen LogP contribution is 2.29. The highest BCUT2D eigenvalue weighted by Gasteiger charge is 2.14. The summed E-state index contributed by atoms with van der Waals surface area (Å²) in [6, 6.07) is 9.63. The number of benzene rings is 1. The lowest BCUT2D eigenvalue weighted by Gasteiger charge is -2.20. The Labute approximate surface area is 123 Å². The molecule has 4 nitrogen and oxygen atoms in total. The SMILES string of the molecule is Cc1nc(Nc2cccc3c2CCCC3)ccc1C(=O)O. The molecule has 21 heavy (non-hydrogen) atoms. The Balaban J connectivity index is 1.91. The molecule has 108 valence electrons. The lowest BCUT2D eigenvalue weighted by molar-refractivity contribution is 0.0695. The van der Waals surface area contributed by atoms with Gasteiger partial charge >= 0.3 is 5.97 Å². The Kier molecular flexibility index (Phi) is 3.60. The molecule has 1 heterocycles. The first-order chi connectivity index (χ1) is 10.1. The van der Waals surface area contributed by atoms with E-state index in [1.54, 1.807) is 19.1 Å². The summed E-state index contributed by atoms with van der Waals surface area (Å²) in [5.74, 6) is -0.250. The summed E-state index contributed by atoms with van der Waals surface area (Å²) >= 11 is 0. The zero-order valence-electron chi connectivity index (χ0n) is 12.0. The van der Waals surface area contributed by atoms with Gasteiger partial charge in [-0.25, -0.2) is 9.78 Å². The van der Waals surface area contributed by atoms with E-state index in [2.05, 4.69) is 28.5 Å². The van der Waals surface area contributed by atoms with Crippen LogP contribution in [-0.4, -0.2) is 16.1 Å². The molecule has 0 atom stereocenters. The largest absolute Gasteiger partial charge is 0.478 e. The van der Waals surface area contributed by atoms with Crippen molar-refractivity contribution in [2.24, 2.45) is 0 Å². The number of anilines is 2. The van der Waals surface area contributed by atoms with Crippen molar-refractivity contribution in [3.8, 4) is 0 Å². The Hall–Kier alpha value is -2.36. The predicted molar refractivity (Wildman–Crippen MR) is 82.3 cm³/mol. The molecule has 0 unspecified atom stereocenters. The summed E-state index contributed by atoms with van der Waals surface area (Å²) in [7, 11) is 0. The van der Waals surface area contributed by atoms with Gasteiger partial charge in [0.2, 0.25) is 0 Å². The van der Waals surface area contributed by atoms with Gasteiger partial charge in [-0.15, -0.1) is 0 Å². The number of pyridine rings is 1. The van der Waals surface area contributed by atoms with Crippen LogP contribution >= 0.6 is 0 Å². The highest BCUT2D eigenvalue weighted by molar-refractivity contribution is 5.89. The third kappa shape index (κ3) is 2.75. The van der Waals surface area contributed by atoms with Crippen LogP contribution in [0, 0.1) is 6.92 Å². The molecular formula is C17H18N2O2. The predicted octanol–water partition coefficient (Wildman–Crippen LogP) is 3.71. The van der Waals surface area contributed by atoms with Gasteiger partial charge < -0.3 is 10.4 Å². The van der Waals surface area contributed by atoms with Gasteiger partial charge in [0.1, 0.15) is 5.82 Å². The van der Waals surface area contributed by atoms with Crippen LogP contribution in [0.15, 0.2) is 30.3 Å². The molecule has 0 aliphatic heterocycles. The second-order valence-corrected chi connectivity index (χ2v) is 5.41. The Morgan fingerprint density at radius 2 is 2.00 bits per heavy atom. The van der Waals surface area contributed by atoms with Gasteiger partial charge in [-0.2, -0.15) is 0 Å². The number of carboxylic acids is 1. The van der Waals surface area contributed by atoms with Crippen LogP contribution in [0.4, 0.5) is 11.5 Å². The fraction of sp³-hybridized carbons (Fsp3) is 0.294. The molecule has 1 aromatic carbocycles. The molecule has 0 spiro atoms. The smallest absolute Gasteiger partial charge is 0.337 e. The molecule has 0 radical (unpaired) electrons. The van der Waals surface area contributed by atoms with Gasteiger partial charge in [0.15, 0.2) is 0 Å².